The molecular formula is C27H42N2O3. The topological polar surface area (TPSA) is 42.0 Å². The van der Waals surface area contributed by atoms with Crippen molar-refractivity contribution in [2.75, 3.05) is 33.9 Å². The van der Waals surface area contributed by atoms with Gasteiger partial charge in [-0.2, -0.15) is 0 Å². The van der Waals surface area contributed by atoms with Gasteiger partial charge in [-0.05, 0) is 57.6 Å². The van der Waals surface area contributed by atoms with E-state index < -0.39 is 0 Å². The van der Waals surface area contributed by atoms with Gasteiger partial charge in [0, 0.05) is 31.8 Å². The zero-order chi connectivity index (χ0) is 22.4. The van der Waals surface area contributed by atoms with Gasteiger partial charge < -0.3 is 19.3 Å². The minimum atomic E-state index is -0.284. The largest absolute Gasteiger partial charge is 0.485 e. The molecule has 2 aliphatic carbocycles. The number of hydrogen-bond donors (Lipinski definition) is 0. The fraction of sp³-hybridized carbons (Fsp3) is 0.741. The van der Waals surface area contributed by atoms with Gasteiger partial charge in [-0.15, -0.1) is 0 Å². The van der Waals surface area contributed by atoms with E-state index in [-0.39, 0.29) is 18.1 Å². The van der Waals surface area contributed by atoms with Crippen LogP contribution in [0.3, 0.4) is 0 Å². The summed E-state index contributed by atoms with van der Waals surface area (Å²) in [6, 6.07) is 8.83. The van der Waals surface area contributed by atoms with E-state index >= 15 is 0 Å². The van der Waals surface area contributed by atoms with Crippen LogP contribution in [0.1, 0.15) is 76.2 Å². The first-order valence-electron chi connectivity index (χ1n) is 12.8. The Balaban J connectivity index is 1.40. The lowest BCUT2D eigenvalue weighted by Gasteiger charge is -2.44. The lowest BCUT2D eigenvalue weighted by atomic mass is 9.80. The molecule has 32 heavy (non-hydrogen) atoms. The van der Waals surface area contributed by atoms with Crippen LogP contribution < -0.4 is 4.74 Å². The van der Waals surface area contributed by atoms with Crippen molar-refractivity contribution in [2.24, 2.45) is 5.92 Å². The van der Waals surface area contributed by atoms with Crippen LogP contribution in [0.15, 0.2) is 24.3 Å². The summed E-state index contributed by atoms with van der Waals surface area (Å²) in [5.74, 6) is 1.86. The molecule has 1 aliphatic heterocycles. The first kappa shape index (κ1) is 23.6. The summed E-state index contributed by atoms with van der Waals surface area (Å²) in [7, 11) is 3.92. The van der Waals surface area contributed by atoms with E-state index in [9.17, 15) is 4.79 Å². The fourth-order valence-electron chi connectivity index (χ4n) is 6.11. The van der Waals surface area contributed by atoms with Gasteiger partial charge in [-0.3, -0.25) is 4.79 Å². The predicted molar refractivity (Wildman–Crippen MR) is 128 cm³/mol. The molecule has 4 rings (SSSR count). The maximum atomic E-state index is 12.8. The highest BCUT2D eigenvalue weighted by molar-refractivity contribution is 5.77. The molecule has 0 bridgehead atoms. The van der Waals surface area contributed by atoms with Gasteiger partial charge in [0.1, 0.15) is 18.0 Å². The first-order valence-corrected chi connectivity index (χ1v) is 12.8. The highest BCUT2D eigenvalue weighted by atomic mass is 16.5. The number of rotatable bonds is 5. The maximum Gasteiger partial charge on any atom is 0.248 e. The van der Waals surface area contributed by atoms with Crippen molar-refractivity contribution in [1.82, 2.24) is 9.80 Å². The average molecular weight is 443 g/mol. The zero-order valence-corrected chi connectivity index (χ0v) is 20.2. The molecule has 5 heteroatoms. The molecule has 2 saturated carbocycles. The number of benzene rings is 1. The average Bonchev–Trinajstić information content (AvgIpc) is 2.93. The lowest BCUT2D eigenvalue weighted by molar-refractivity contribution is -0.139. The number of ether oxygens (including phenoxy) is 2. The molecule has 1 heterocycles. The number of carbonyl (C=O) groups excluding carboxylic acids is 1. The number of amides is 1. The number of hydrogen-bond acceptors (Lipinski definition) is 4. The Kier molecular flexibility index (Phi) is 8.12. The molecule has 2 fully saturated rings. The van der Waals surface area contributed by atoms with Crippen LogP contribution in [-0.4, -0.2) is 61.2 Å². The summed E-state index contributed by atoms with van der Waals surface area (Å²) in [5.41, 5.74) is 0.811. The van der Waals surface area contributed by atoms with E-state index in [4.69, 9.17) is 9.47 Å². The highest BCUT2D eigenvalue weighted by Gasteiger charge is 2.43. The smallest absolute Gasteiger partial charge is 0.248 e. The number of fused-ring (bicyclic) bond motifs is 1. The van der Waals surface area contributed by atoms with Gasteiger partial charge in [-0.1, -0.05) is 50.3 Å². The second-order valence-electron chi connectivity index (χ2n) is 10.5. The molecule has 1 aromatic carbocycles. The third-order valence-corrected chi connectivity index (χ3v) is 8.02. The van der Waals surface area contributed by atoms with E-state index in [1.54, 1.807) is 7.11 Å². The summed E-state index contributed by atoms with van der Waals surface area (Å²) < 4.78 is 11.9. The number of para-hydroxylation sites is 1. The van der Waals surface area contributed by atoms with Crippen molar-refractivity contribution >= 4 is 5.91 Å². The lowest BCUT2D eigenvalue weighted by Crippen LogP contribution is -2.52. The molecule has 1 amide bonds. The van der Waals surface area contributed by atoms with Crippen LogP contribution >= 0.6 is 0 Å². The van der Waals surface area contributed by atoms with Crippen molar-refractivity contribution in [3.8, 4) is 5.75 Å². The quantitative estimate of drug-likeness (QED) is 0.642. The van der Waals surface area contributed by atoms with Gasteiger partial charge in [-0.25, -0.2) is 0 Å². The van der Waals surface area contributed by atoms with E-state index in [1.165, 1.54) is 51.5 Å². The predicted octanol–water partition coefficient (Wildman–Crippen LogP) is 5.03. The number of carbonyl (C=O) groups is 1. The number of methoxy groups -OCH3 is 1. The summed E-state index contributed by atoms with van der Waals surface area (Å²) in [6.07, 6.45) is 14.2. The molecule has 5 nitrogen and oxygen atoms in total. The summed E-state index contributed by atoms with van der Waals surface area (Å²) in [6.45, 7) is 2.62. The monoisotopic (exact) mass is 442 g/mol. The van der Waals surface area contributed by atoms with Crippen LogP contribution in [0.25, 0.3) is 0 Å². The zero-order valence-electron chi connectivity index (χ0n) is 20.2. The van der Waals surface area contributed by atoms with E-state index in [1.807, 2.05) is 17.0 Å². The van der Waals surface area contributed by atoms with Gasteiger partial charge in [0.2, 0.25) is 5.91 Å². The molecule has 178 valence electrons. The van der Waals surface area contributed by atoms with E-state index in [2.05, 4.69) is 24.1 Å². The molecule has 0 unspecified atom stereocenters. The van der Waals surface area contributed by atoms with Crippen molar-refractivity contribution in [3.63, 3.8) is 0 Å². The highest BCUT2D eigenvalue weighted by Crippen LogP contribution is 2.39. The van der Waals surface area contributed by atoms with Crippen LogP contribution in [0.5, 0.6) is 5.75 Å². The SMILES string of the molecule is COCC(=O)N1Cc2ccccc2OC2(CCC(N(C)CC3CCCCCCC3)CC2)C1. The molecule has 0 radical (unpaired) electrons. The second kappa shape index (κ2) is 11.0. The summed E-state index contributed by atoms with van der Waals surface area (Å²) in [4.78, 5) is 17.4. The van der Waals surface area contributed by atoms with Crippen LogP contribution in [-0.2, 0) is 16.1 Å². The Hall–Kier alpha value is -1.59. The van der Waals surface area contributed by atoms with E-state index in [0.29, 0.717) is 19.1 Å². The van der Waals surface area contributed by atoms with Crippen molar-refractivity contribution < 1.29 is 14.3 Å². The third-order valence-electron chi connectivity index (χ3n) is 8.02. The summed E-state index contributed by atoms with van der Waals surface area (Å²) in [5, 5.41) is 0. The molecule has 0 aromatic heterocycles. The van der Waals surface area contributed by atoms with Crippen molar-refractivity contribution in [2.45, 2.75) is 88.8 Å². The van der Waals surface area contributed by atoms with Crippen LogP contribution in [0, 0.1) is 5.92 Å². The minimum Gasteiger partial charge on any atom is -0.485 e. The van der Waals surface area contributed by atoms with Gasteiger partial charge >= 0.3 is 0 Å². The fourth-order valence-corrected chi connectivity index (χ4v) is 6.11. The molecular weight excluding hydrogens is 400 g/mol. The maximum absolute atomic E-state index is 12.8. The van der Waals surface area contributed by atoms with Crippen LogP contribution in [0.2, 0.25) is 0 Å². The standard InChI is InChI=1S/C27H42N2O3/c1-28(18-22-10-6-4-3-5-7-11-22)24-14-16-27(17-15-24)21-29(26(30)20-31-2)19-23-12-8-9-13-25(23)32-27/h8-9,12-13,22,24H,3-7,10-11,14-21H2,1-2H3. The molecule has 0 N–H and O–H groups in total. The van der Waals surface area contributed by atoms with Crippen molar-refractivity contribution in [1.29, 1.82) is 0 Å². The molecule has 0 atom stereocenters. The van der Waals surface area contributed by atoms with Gasteiger partial charge in [0.25, 0.3) is 0 Å². The van der Waals surface area contributed by atoms with Crippen molar-refractivity contribution in [3.05, 3.63) is 29.8 Å². The normalized spacial score (nSPS) is 27.3. The van der Waals surface area contributed by atoms with Crippen LogP contribution in [0.4, 0.5) is 0 Å². The Morgan fingerprint density at radius 3 is 2.50 bits per heavy atom. The Morgan fingerprint density at radius 1 is 1.09 bits per heavy atom. The summed E-state index contributed by atoms with van der Waals surface area (Å²) >= 11 is 0. The van der Waals surface area contributed by atoms with Gasteiger partial charge in [0.15, 0.2) is 0 Å². The minimum absolute atomic E-state index is 0.0516. The molecule has 3 aliphatic rings. The Bertz CT molecular complexity index is 736. The Labute approximate surface area is 194 Å². The first-order chi connectivity index (χ1) is 15.6. The number of nitrogens with zero attached hydrogens (tertiary/aromatic N) is 2. The molecule has 0 saturated heterocycles. The molecule has 1 aromatic rings. The Morgan fingerprint density at radius 2 is 1.78 bits per heavy atom. The van der Waals surface area contributed by atoms with Gasteiger partial charge in [0.05, 0.1) is 6.54 Å². The van der Waals surface area contributed by atoms with E-state index in [0.717, 1.165) is 42.9 Å². The molecule has 1 spiro atoms. The second-order valence-corrected chi connectivity index (χ2v) is 10.5. The third kappa shape index (κ3) is 5.85.